The third-order valence-corrected chi connectivity index (χ3v) is 8.45. The lowest BCUT2D eigenvalue weighted by Gasteiger charge is -2.30. The van der Waals surface area contributed by atoms with Crippen molar-refractivity contribution < 1.29 is 13.2 Å². The highest BCUT2D eigenvalue weighted by Gasteiger charge is 2.30. The Morgan fingerprint density at radius 1 is 1.11 bits per heavy atom. The van der Waals surface area contributed by atoms with E-state index in [1.54, 1.807) is 41.8 Å². The maximum absolute atomic E-state index is 13.1. The normalized spacial score (nSPS) is 13.8. The maximum Gasteiger partial charge on any atom is 0.273 e. The Labute approximate surface area is 176 Å². The molecule has 0 saturated heterocycles. The molecule has 1 aliphatic rings. The van der Waals surface area contributed by atoms with Crippen molar-refractivity contribution in [3.8, 4) is 0 Å². The summed E-state index contributed by atoms with van der Waals surface area (Å²) >= 11 is 4.59. The second kappa shape index (κ2) is 7.69. The summed E-state index contributed by atoms with van der Waals surface area (Å²) in [6.07, 6.45) is 1.57. The van der Waals surface area contributed by atoms with Crippen molar-refractivity contribution in [2.75, 3.05) is 16.2 Å². The van der Waals surface area contributed by atoms with Gasteiger partial charge in [0.15, 0.2) is 0 Å². The summed E-state index contributed by atoms with van der Waals surface area (Å²) in [5, 5.41) is 4.62. The monoisotopic (exact) mass is 476 g/mol. The van der Waals surface area contributed by atoms with Crippen LogP contribution in [0.25, 0.3) is 0 Å². The van der Waals surface area contributed by atoms with Gasteiger partial charge in [-0.2, -0.15) is 0 Å². The number of anilines is 2. The van der Waals surface area contributed by atoms with E-state index < -0.39 is 10.0 Å². The lowest BCUT2D eigenvalue weighted by molar-refractivity contribution is 0.102. The van der Waals surface area contributed by atoms with Crippen molar-refractivity contribution in [1.82, 2.24) is 0 Å². The molecular formula is C20H17BrN2O3S2. The summed E-state index contributed by atoms with van der Waals surface area (Å²) in [6, 6.07) is 16.0. The molecule has 144 valence electrons. The van der Waals surface area contributed by atoms with Crippen LogP contribution < -0.4 is 9.62 Å². The number of halogens is 1. The number of amides is 1. The van der Waals surface area contributed by atoms with Crippen LogP contribution in [0.3, 0.4) is 0 Å². The van der Waals surface area contributed by atoms with E-state index in [9.17, 15) is 13.2 Å². The van der Waals surface area contributed by atoms with E-state index in [4.69, 9.17) is 0 Å². The topological polar surface area (TPSA) is 66.5 Å². The number of thiophene rings is 1. The molecule has 2 heterocycles. The number of benzene rings is 2. The average Bonchev–Trinajstić information content (AvgIpc) is 3.23. The molecule has 8 heteroatoms. The van der Waals surface area contributed by atoms with E-state index >= 15 is 0 Å². The van der Waals surface area contributed by atoms with Crippen LogP contribution in [-0.2, 0) is 16.4 Å². The maximum atomic E-state index is 13.1. The van der Waals surface area contributed by atoms with E-state index in [1.165, 1.54) is 15.6 Å². The second-order valence-corrected chi connectivity index (χ2v) is 10.3. The lowest BCUT2D eigenvalue weighted by Crippen LogP contribution is -2.35. The first kappa shape index (κ1) is 19.2. The van der Waals surface area contributed by atoms with Crippen molar-refractivity contribution >= 4 is 54.6 Å². The molecule has 4 rings (SSSR count). The van der Waals surface area contributed by atoms with Crippen molar-refractivity contribution in [3.63, 3.8) is 0 Å². The van der Waals surface area contributed by atoms with Gasteiger partial charge in [0.2, 0.25) is 0 Å². The third-order valence-electron chi connectivity index (χ3n) is 4.58. The number of hydrogen-bond donors (Lipinski definition) is 1. The fourth-order valence-corrected chi connectivity index (χ4v) is 6.33. The quantitative estimate of drug-likeness (QED) is 0.581. The number of fused-ring (bicyclic) bond motifs is 1. The first-order chi connectivity index (χ1) is 13.5. The number of nitrogens with one attached hydrogen (secondary N) is 1. The Kier molecular flexibility index (Phi) is 5.27. The summed E-state index contributed by atoms with van der Waals surface area (Å²) in [5.41, 5.74) is 2.67. The van der Waals surface area contributed by atoms with Crippen LogP contribution in [0.5, 0.6) is 0 Å². The Morgan fingerprint density at radius 3 is 2.68 bits per heavy atom. The van der Waals surface area contributed by atoms with Crippen LogP contribution in [0.2, 0.25) is 0 Å². The van der Waals surface area contributed by atoms with Crippen molar-refractivity contribution in [2.24, 2.45) is 0 Å². The lowest BCUT2D eigenvalue weighted by atomic mass is 10.0. The average molecular weight is 477 g/mol. The number of hydrogen-bond acceptors (Lipinski definition) is 4. The molecule has 0 saturated carbocycles. The van der Waals surface area contributed by atoms with Crippen molar-refractivity contribution in [2.45, 2.75) is 17.1 Å². The number of nitrogens with zero attached hydrogens (tertiary/aromatic N) is 1. The molecule has 1 amide bonds. The van der Waals surface area contributed by atoms with Gasteiger partial charge in [0.05, 0.1) is 11.3 Å². The molecule has 5 nitrogen and oxygen atoms in total. The van der Waals surface area contributed by atoms with E-state index in [0.29, 0.717) is 32.2 Å². The summed E-state index contributed by atoms with van der Waals surface area (Å²) in [5.74, 6) is -0.254. The highest BCUT2D eigenvalue weighted by Crippen LogP contribution is 2.35. The molecule has 1 aliphatic heterocycles. The molecule has 0 atom stereocenters. The zero-order valence-electron chi connectivity index (χ0n) is 14.8. The van der Waals surface area contributed by atoms with E-state index in [0.717, 1.165) is 18.4 Å². The highest BCUT2D eigenvalue weighted by atomic mass is 79.9. The van der Waals surface area contributed by atoms with Gasteiger partial charge in [-0.1, -0.05) is 24.3 Å². The number of carbonyl (C=O) groups excluding carboxylic acids is 1. The molecule has 1 N–H and O–H groups in total. The number of rotatable bonds is 4. The van der Waals surface area contributed by atoms with Gasteiger partial charge in [-0.05, 0) is 70.0 Å². The van der Waals surface area contributed by atoms with Gasteiger partial charge in [0.1, 0.15) is 4.21 Å². The summed E-state index contributed by atoms with van der Waals surface area (Å²) in [4.78, 5) is 12.6. The summed E-state index contributed by atoms with van der Waals surface area (Å²) < 4.78 is 28.6. The Bertz CT molecular complexity index is 1130. The largest absolute Gasteiger partial charge is 0.322 e. The molecule has 0 aliphatic carbocycles. The van der Waals surface area contributed by atoms with Gasteiger partial charge >= 0.3 is 0 Å². The first-order valence-electron chi connectivity index (χ1n) is 8.72. The minimum atomic E-state index is -3.60. The standard InChI is InChI=1S/C20H17BrN2O3S2/c21-17-7-2-1-6-16(17)20(24)22-15-10-9-14-5-3-11-23(18(14)13-15)28(25,26)19-8-4-12-27-19/h1-2,4,6-10,12-13H,3,5,11H2,(H,22,24). The molecule has 0 fully saturated rings. The molecule has 2 aromatic carbocycles. The molecule has 28 heavy (non-hydrogen) atoms. The fraction of sp³-hybridized carbons (Fsp3) is 0.150. The summed E-state index contributed by atoms with van der Waals surface area (Å²) in [7, 11) is -3.60. The summed E-state index contributed by atoms with van der Waals surface area (Å²) in [6.45, 7) is 0.425. The molecule has 0 unspecified atom stereocenters. The van der Waals surface area contributed by atoms with Crippen LogP contribution in [0.15, 0.2) is 68.7 Å². The number of aryl methyl sites for hydroxylation is 1. The van der Waals surface area contributed by atoms with Crippen LogP contribution in [-0.4, -0.2) is 20.9 Å². The Morgan fingerprint density at radius 2 is 1.93 bits per heavy atom. The predicted octanol–water partition coefficient (Wildman–Crippen LogP) is 4.90. The van der Waals surface area contributed by atoms with Gasteiger partial charge in [-0.3, -0.25) is 9.10 Å². The van der Waals surface area contributed by atoms with Gasteiger partial charge in [-0.25, -0.2) is 8.42 Å². The van der Waals surface area contributed by atoms with Gasteiger partial charge in [0.25, 0.3) is 15.9 Å². The van der Waals surface area contributed by atoms with E-state index in [2.05, 4.69) is 21.2 Å². The van der Waals surface area contributed by atoms with Gasteiger partial charge < -0.3 is 5.32 Å². The van der Waals surface area contributed by atoms with Crippen LogP contribution in [0, 0.1) is 0 Å². The molecule has 0 radical (unpaired) electrons. The van der Waals surface area contributed by atoms with E-state index in [-0.39, 0.29) is 5.91 Å². The molecular weight excluding hydrogens is 460 g/mol. The SMILES string of the molecule is O=C(Nc1ccc2c(c1)N(S(=O)(=O)c1cccs1)CCC2)c1ccccc1Br. The zero-order chi connectivity index (χ0) is 19.7. The van der Waals surface area contributed by atoms with E-state index in [1.807, 2.05) is 18.2 Å². The van der Waals surface area contributed by atoms with Gasteiger partial charge in [-0.15, -0.1) is 11.3 Å². The predicted molar refractivity (Wildman–Crippen MR) is 116 cm³/mol. The first-order valence-corrected chi connectivity index (χ1v) is 11.8. The fourth-order valence-electron chi connectivity index (χ4n) is 3.23. The molecule has 0 spiro atoms. The minimum Gasteiger partial charge on any atom is -0.322 e. The van der Waals surface area contributed by atoms with Crippen LogP contribution >= 0.6 is 27.3 Å². The molecule has 0 bridgehead atoms. The highest BCUT2D eigenvalue weighted by molar-refractivity contribution is 9.10. The minimum absolute atomic E-state index is 0.254. The molecule has 3 aromatic rings. The third kappa shape index (κ3) is 3.59. The Balaban J connectivity index is 1.67. The van der Waals surface area contributed by atoms with Crippen LogP contribution in [0.4, 0.5) is 11.4 Å². The Hall–Kier alpha value is -2.16. The number of carbonyl (C=O) groups is 1. The zero-order valence-corrected chi connectivity index (χ0v) is 18.0. The van der Waals surface area contributed by atoms with Crippen molar-refractivity contribution in [1.29, 1.82) is 0 Å². The number of sulfonamides is 1. The van der Waals surface area contributed by atoms with Crippen LogP contribution in [0.1, 0.15) is 22.3 Å². The molecule has 1 aromatic heterocycles. The van der Waals surface area contributed by atoms with Crippen molar-refractivity contribution in [3.05, 3.63) is 75.6 Å². The van der Waals surface area contributed by atoms with Gasteiger partial charge in [0, 0.05) is 16.7 Å². The smallest absolute Gasteiger partial charge is 0.273 e. The second-order valence-electron chi connectivity index (χ2n) is 6.39.